The van der Waals surface area contributed by atoms with E-state index in [0.29, 0.717) is 16.5 Å². The molecule has 2 N–H and O–H groups in total. The first-order valence-corrected chi connectivity index (χ1v) is 9.33. The molecule has 6 nitrogen and oxygen atoms in total. The maximum Gasteiger partial charge on any atom is 0.251 e. The standard InChI is InChI=1S/C21H19ClN4O2/c1-12-8-9-16(15(22)10-12)23-18(27)11-17-21(28)24-20-19(13(2)25-26(17)20)14-6-4-3-5-7-14/h3-10,17H,11H2,1-2H3,(H,23,27)(H,24,28). The van der Waals surface area contributed by atoms with Crippen molar-refractivity contribution < 1.29 is 9.59 Å². The third-order valence-corrected chi connectivity index (χ3v) is 5.08. The molecule has 1 aliphatic rings. The van der Waals surface area contributed by atoms with Gasteiger partial charge in [0.25, 0.3) is 5.91 Å². The van der Waals surface area contributed by atoms with Crippen LogP contribution in [0, 0.1) is 13.8 Å². The molecule has 28 heavy (non-hydrogen) atoms. The predicted octanol–water partition coefficient (Wildman–Crippen LogP) is 4.34. The van der Waals surface area contributed by atoms with Crippen LogP contribution in [0.1, 0.15) is 23.7 Å². The summed E-state index contributed by atoms with van der Waals surface area (Å²) in [7, 11) is 0. The molecule has 0 saturated carbocycles. The molecule has 0 spiro atoms. The lowest BCUT2D eigenvalue weighted by Gasteiger charge is -2.11. The highest BCUT2D eigenvalue weighted by Gasteiger charge is 2.36. The highest BCUT2D eigenvalue weighted by molar-refractivity contribution is 6.33. The van der Waals surface area contributed by atoms with Gasteiger partial charge in [0.05, 0.1) is 22.8 Å². The van der Waals surface area contributed by atoms with Crippen molar-refractivity contribution in [2.45, 2.75) is 26.3 Å². The minimum Gasteiger partial charge on any atom is -0.325 e. The highest BCUT2D eigenvalue weighted by atomic mass is 35.5. The fourth-order valence-electron chi connectivity index (χ4n) is 3.43. The van der Waals surface area contributed by atoms with Crippen molar-refractivity contribution in [2.24, 2.45) is 0 Å². The van der Waals surface area contributed by atoms with E-state index in [0.717, 1.165) is 22.4 Å². The SMILES string of the molecule is Cc1ccc(NC(=O)CC2C(=O)Nc3c(-c4ccccc4)c(C)nn32)c(Cl)c1. The molecule has 1 aromatic heterocycles. The number of hydrogen-bond donors (Lipinski definition) is 2. The lowest BCUT2D eigenvalue weighted by atomic mass is 10.1. The van der Waals surface area contributed by atoms with E-state index in [1.54, 1.807) is 16.8 Å². The summed E-state index contributed by atoms with van der Waals surface area (Å²) in [6, 6.07) is 14.4. The van der Waals surface area contributed by atoms with Crippen molar-refractivity contribution >= 4 is 34.9 Å². The van der Waals surface area contributed by atoms with E-state index in [2.05, 4.69) is 15.7 Å². The average molecular weight is 395 g/mol. The summed E-state index contributed by atoms with van der Waals surface area (Å²) in [5, 5.41) is 10.6. The van der Waals surface area contributed by atoms with Gasteiger partial charge < -0.3 is 10.6 Å². The first kappa shape index (κ1) is 18.3. The predicted molar refractivity (Wildman–Crippen MR) is 110 cm³/mol. The summed E-state index contributed by atoms with van der Waals surface area (Å²) >= 11 is 6.18. The quantitative estimate of drug-likeness (QED) is 0.691. The monoisotopic (exact) mass is 394 g/mol. The van der Waals surface area contributed by atoms with E-state index in [1.807, 2.05) is 50.2 Å². The second-order valence-corrected chi connectivity index (χ2v) is 7.27. The van der Waals surface area contributed by atoms with Gasteiger partial charge in [-0.05, 0) is 37.1 Å². The molecule has 2 aromatic carbocycles. The van der Waals surface area contributed by atoms with Crippen LogP contribution in [0.25, 0.3) is 11.1 Å². The maximum absolute atomic E-state index is 12.5. The third kappa shape index (κ3) is 3.27. The second-order valence-electron chi connectivity index (χ2n) is 6.86. The normalized spacial score (nSPS) is 15.2. The number of aromatic nitrogens is 2. The zero-order valence-corrected chi connectivity index (χ0v) is 16.2. The highest BCUT2D eigenvalue weighted by Crippen LogP contribution is 2.38. The molecule has 1 unspecified atom stereocenters. The van der Waals surface area contributed by atoms with Gasteiger partial charge in [-0.25, -0.2) is 4.68 Å². The van der Waals surface area contributed by atoms with E-state index in [-0.39, 0.29) is 18.2 Å². The van der Waals surface area contributed by atoms with Crippen molar-refractivity contribution in [1.29, 1.82) is 0 Å². The largest absolute Gasteiger partial charge is 0.325 e. The van der Waals surface area contributed by atoms with Crippen LogP contribution in [0.3, 0.4) is 0 Å². The lowest BCUT2D eigenvalue weighted by Crippen LogP contribution is -2.24. The zero-order valence-electron chi connectivity index (χ0n) is 15.5. The summed E-state index contributed by atoms with van der Waals surface area (Å²) in [6.45, 7) is 3.81. The van der Waals surface area contributed by atoms with Gasteiger partial charge in [0.1, 0.15) is 11.9 Å². The van der Waals surface area contributed by atoms with E-state index in [9.17, 15) is 9.59 Å². The van der Waals surface area contributed by atoms with Crippen molar-refractivity contribution in [2.75, 3.05) is 10.6 Å². The molecule has 0 bridgehead atoms. The van der Waals surface area contributed by atoms with E-state index < -0.39 is 6.04 Å². The number of benzene rings is 2. The van der Waals surface area contributed by atoms with Crippen LogP contribution in [-0.2, 0) is 9.59 Å². The van der Waals surface area contributed by atoms with Gasteiger partial charge in [-0.3, -0.25) is 9.59 Å². The minimum atomic E-state index is -0.699. The molecule has 3 aromatic rings. The Balaban J connectivity index is 1.58. The Labute approximate surface area is 167 Å². The van der Waals surface area contributed by atoms with E-state index >= 15 is 0 Å². The molecule has 0 radical (unpaired) electrons. The summed E-state index contributed by atoms with van der Waals surface area (Å²) in [5.41, 5.74) is 4.17. The van der Waals surface area contributed by atoms with Gasteiger partial charge in [0.15, 0.2) is 0 Å². The summed E-state index contributed by atoms with van der Waals surface area (Å²) in [6.07, 6.45) is -0.0294. The smallest absolute Gasteiger partial charge is 0.251 e. The van der Waals surface area contributed by atoms with Crippen molar-refractivity contribution in [3.05, 3.63) is 64.8 Å². The van der Waals surface area contributed by atoms with Gasteiger partial charge in [0, 0.05) is 5.56 Å². The number of amides is 2. The molecule has 2 heterocycles. The van der Waals surface area contributed by atoms with Gasteiger partial charge in [-0.1, -0.05) is 48.0 Å². The Hall–Kier alpha value is -3.12. The Kier molecular flexibility index (Phi) is 4.65. The van der Waals surface area contributed by atoms with Crippen LogP contribution in [0.5, 0.6) is 0 Å². The second kappa shape index (κ2) is 7.13. The Morgan fingerprint density at radius 1 is 1.21 bits per heavy atom. The van der Waals surface area contributed by atoms with Gasteiger partial charge in [-0.15, -0.1) is 0 Å². The molecule has 0 fully saturated rings. The number of aryl methyl sites for hydroxylation is 2. The van der Waals surface area contributed by atoms with Crippen LogP contribution in [0.2, 0.25) is 5.02 Å². The minimum absolute atomic E-state index is 0.0294. The first-order chi connectivity index (χ1) is 13.4. The molecule has 2 amide bonds. The molecular weight excluding hydrogens is 376 g/mol. The van der Waals surface area contributed by atoms with Crippen molar-refractivity contribution in [3.63, 3.8) is 0 Å². The van der Waals surface area contributed by atoms with Crippen LogP contribution in [-0.4, -0.2) is 21.6 Å². The molecule has 0 aliphatic carbocycles. The number of carbonyl (C=O) groups is 2. The number of rotatable bonds is 4. The molecule has 7 heteroatoms. The Bertz CT molecular complexity index is 1080. The molecule has 142 valence electrons. The summed E-state index contributed by atoms with van der Waals surface area (Å²) in [4.78, 5) is 25.0. The number of nitrogens with zero attached hydrogens (tertiary/aromatic N) is 2. The van der Waals surface area contributed by atoms with Gasteiger partial charge in [0.2, 0.25) is 5.91 Å². The maximum atomic E-state index is 12.5. The Morgan fingerprint density at radius 3 is 2.68 bits per heavy atom. The molecule has 1 atom stereocenters. The number of fused-ring (bicyclic) bond motifs is 1. The van der Waals surface area contributed by atoms with Crippen LogP contribution in [0.15, 0.2) is 48.5 Å². The lowest BCUT2D eigenvalue weighted by molar-refractivity contribution is -0.123. The summed E-state index contributed by atoms with van der Waals surface area (Å²) in [5.74, 6) is 0.0814. The zero-order chi connectivity index (χ0) is 19.8. The number of halogens is 1. The van der Waals surface area contributed by atoms with Crippen molar-refractivity contribution in [3.8, 4) is 11.1 Å². The number of carbonyl (C=O) groups excluding carboxylic acids is 2. The van der Waals surface area contributed by atoms with Crippen LogP contribution in [0.4, 0.5) is 11.5 Å². The fraction of sp³-hybridized carbons (Fsp3) is 0.190. The molecular formula is C21H19ClN4O2. The molecule has 1 aliphatic heterocycles. The Morgan fingerprint density at radius 2 is 1.96 bits per heavy atom. The first-order valence-electron chi connectivity index (χ1n) is 8.95. The van der Waals surface area contributed by atoms with Gasteiger partial charge >= 0.3 is 0 Å². The van der Waals surface area contributed by atoms with E-state index in [1.165, 1.54) is 0 Å². The van der Waals surface area contributed by atoms with Gasteiger partial charge in [-0.2, -0.15) is 5.10 Å². The summed E-state index contributed by atoms with van der Waals surface area (Å²) < 4.78 is 1.61. The number of hydrogen-bond acceptors (Lipinski definition) is 3. The van der Waals surface area contributed by atoms with Crippen molar-refractivity contribution in [1.82, 2.24) is 9.78 Å². The molecule has 0 saturated heterocycles. The topological polar surface area (TPSA) is 76.0 Å². The number of anilines is 2. The van der Waals surface area contributed by atoms with E-state index in [4.69, 9.17) is 11.6 Å². The average Bonchev–Trinajstić information content (AvgIpc) is 3.12. The third-order valence-electron chi connectivity index (χ3n) is 4.76. The number of nitrogens with one attached hydrogen (secondary N) is 2. The molecule has 4 rings (SSSR count). The fourth-order valence-corrected chi connectivity index (χ4v) is 3.71. The van der Waals surface area contributed by atoms with Crippen LogP contribution >= 0.6 is 11.6 Å². The van der Waals surface area contributed by atoms with Crippen LogP contribution < -0.4 is 10.6 Å².